The van der Waals surface area contributed by atoms with Gasteiger partial charge in [-0.05, 0) is 64.7 Å². The van der Waals surface area contributed by atoms with Crippen molar-refractivity contribution in [1.29, 1.82) is 5.26 Å². The monoisotopic (exact) mass is 574 g/mol. The second kappa shape index (κ2) is 12.7. The van der Waals surface area contributed by atoms with Crippen molar-refractivity contribution in [3.63, 3.8) is 0 Å². The lowest BCUT2D eigenvalue weighted by atomic mass is 10.1. The molecule has 3 aliphatic rings. The number of piperazine rings is 1. The Balaban J connectivity index is 1.43. The van der Waals surface area contributed by atoms with Crippen molar-refractivity contribution in [3.8, 4) is 6.07 Å². The zero-order valence-electron chi connectivity index (χ0n) is 23.6. The molecule has 3 fully saturated rings. The number of nitrogens with zero attached hydrogens (tertiary/aromatic N) is 4. The Morgan fingerprint density at radius 1 is 1.25 bits per heavy atom. The van der Waals surface area contributed by atoms with Gasteiger partial charge < -0.3 is 19.9 Å². The molecule has 1 aromatic rings. The first kappa shape index (κ1) is 30.1. The minimum absolute atomic E-state index is 0.00694. The van der Waals surface area contributed by atoms with Gasteiger partial charge in [0.15, 0.2) is 0 Å². The molecule has 13 heteroatoms. The maximum absolute atomic E-state index is 13.5. The molecular weight excluding hydrogens is 536 g/mol. The maximum Gasteiger partial charge on any atom is 0.408 e. The zero-order chi connectivity index (χ0) is 29.0. The molecule has 3 aliphatic heterocycles. The first-order chi connectivity index (χ1) is 19.0. The average Bonchev–Trinajstić information content (AvgIpc) is 3.62. The molecule has 40 heavy (non-hydrogen) atoms. The van der Waals surface area contributed by atoms with Crippen LogP contribution in [0.25, 0.3) is 0 Å². The van der Waals surface area contributed by atoms with E-state index in [9.17, 15) is 19.6 Å². The summed E-state index contributed by atoms with van der Waals surface area (Å²) in [6.07, 6.45) is 1.30. The fraction of sp³-hybridized carbons (Fsp3) is 0.630. The van der Waals surface area contributed by atoms with E-state index in [1.54, 1.807) is 27.8 Å². The fourth-order valence-corrected chi connectivity index (χ4v) is 6.11. The number of hydroxylamine groups is 1. The van der Waals surface area contributed by atoms with Crippen molar-refractivity contribution in [2.45, 2.75) is 87.7 Å². The van der Waals surface area contributed by atoms with Gasteiger partial charge in [-0.1, -0.05) is 12.1 Å². The highest BCUT2D eigenvalue weighted by Crippen LogP contribution is 2.38. The highest BCUT2D eigenvalue weighted by Gasteiger charge is 2.52. The number of carbonyl (C=O) groups excluding carboxylic acids is 3. The van der Waals surface area contributed by atoms with Gasteiger partial charge in [-0.2, -0.15) is 10.7 Å². The third-order valence-corrected chi connectivity index (χ3v) is 8.03. The topological polar surface area (TPSA) is 136 Å². The third-order valence-electron chi connectivity index (χ3n) is 7.43. The van der Waals surface area contributed by atoms with Gasteiger partial charge in [0.1, 0.15) is 17.7 Å². The van der Waals surface area contributed by atoms with Crippen LogP contribution in [0, 0.1) is 11.3 Å². The van der Waals surface area contributed by atoms with E-state index in [2.05, 4.69) is 21.9 Å². The van der Waals surface area contributed by atoms with Crippen LogP contribution in [0.3, 0.4) is 0 Å². The van der Waals surface area contributed by atoms with Gasteiger partial charge in [0, 0.05) is 37.6 Å². The second-order valence-corrected chi connectivity index (χ2v) is 12.1. The van der Waals surface area contributed by atoms with Gasteiger partial charge in [0.05, 0.1) is 30.2 Å². The summed E-state index contributed by atoms with van der Waals surface area (Å²) >= 11 is 1.08. The molecule has 3 saturated heterocycles. The Kier molecular flexibility index (Phi) is 9.58. The Bertz CT molecular complexity index is 1120. The second-order valence-electron chi connectivity index (χ2n) is 11.3. The van der Waals surface area contributed by atoms with Crippen molar-refractivity contribution in [1.82, 2.24) is 25.5 Å². The van der Waals surface area contributed by atoms with Crippen LogP contribution in [-0.4, -0.2) is 89.1 Å². The Hall–Kier alpha value is -2.89. The van der Waals surface area contributed by atoms with E-state index < -0.39 is 23.8 Å². The Morgan fingerprint density at radius 3 is 2.60 bits per heavy atom. The molecule has 12 nitrogen and oxygen atoms in total. The Morgan fingerprint density at radius 2 is 1.98 bits per heavy atom. The van der Waals surface area contributed by atoms with Crippen LogP contribution in [0.5, 0.6) is 0 Å². The zero-order valence-corrected chi connectivity index (χ0v) is 24.4. The number of nitrogens with one attached hydrogen (secondary N) is 2. The predicted molar refractivity (Wildman–Crippen MR) is 146 cm³/mol. The molecule has 218 valence electrons. The highest BCUT2D eigenvalue weighted by atomic mass is 32.2. The molecule has 0 spiro atoms. The number of carbonyl (C=O) groups is 3. The van der Waals surface area contributed by atoms with Gasteiger partial charge in [-0.3, -0.25) is 14.5 Å². The van der Waals surface area contributed by atoms with Crippen LogP contribution in [0.2, 0.25) is 0 Å². The summed E-state index contributed by atoms with van der Waals surface area (Å²) in [7, 11) is 1.60. The van der Waals surface area contributed by atoms with Crippen LogP contribution in [0.4, 0.5) is 4.79 Å². The predicted octanol–water partition coefficient (Wildman–Crippen LogP) is 2.53. The van der Waals surface area contributed by atoms with Gasteiger partial charge in [0.2, 0.25) is 11.8 Å². The minimum atomic E-state index is -0.930. The van der Waals surface area contributed by atoms with Gasteiger partial charge in [-0.25, -0.2) is 4.79 Å². The van der Waals surface area contributed by atoms with Crippen molar-refractivity contribution < 1.29 is 28.4 Å². The molecule has 0 radical (unpaired) electrons. The van der Waals surface area contributed by atoms with Gasteiger partial charge in [-0.15, -0.1) is 9.32 Å². The van der Waals surface area contributed by atoms with E-state index >= 15 is 0 Å². The van der Waals surface area contributed by atoms with Crippen LogP contribution < -0.4 is 10.8 Å². The molecule has 2 bridgehead atoms. The van der Waals surface area contributed by atoms with Gasteiger partial charge >= 0.3 is 6.09 Å². The summed E-state index contributed by atoms with van der Waals surface area (Å²) in [5.41, 5.74) is 2.70. The summed E-state index contributed by atoms with van der Waals surface area (Å²) in [4.78, 5) is 50.7. The van der Waals surface area contributed by atoms with Gasteiger partial charge in [0.25, 0.3) is 0 Å². The number of nitriles is 1. The highest BCUT2D eigenvalue weighted by molar-refractivity contribution is 7.94. The van der Waals surface area contributed by atoms with E-state index in [-0.39, 0.29) is 36.5 Å². The number of hydrogen-bond acceptors (Lipinski definition) is 10. The van der Waals surface area contributed by atoms with Crippen molar-refractivity contribution >= 4 is 30.0 Å². The molecule has 0 aromatic heterocycles. The molecule has 4 rings (SSSR count). The maximum atomic E-state index is 13.5. The smallest absolute Gasteiger partial charge is 0.408 e. The van der Waals surface area contributed by atoms with Crippen LogP contribution >= 0.6 is 12.0 Å². The molecule has 3 heterocycles. The molecule has 5 atom stereocenters. The van der Waals surface area contributed by atoms with Crippen molar-refractivity contribution in [2.75, 3.05) is 26.7 Å². The van der Waals surface area contributed by atoms with E-state index in [0.29, 0.717) is 25.9 Å². The fourth-order valence-electron chi connectivity index (χ4n) is 5.69. The van der Waals surface area contributed by atoms with E-state index in [1.807, 2.05) is 41.0 Å². The minimum Gasteiger partial charge on any atom is -0.444 e. The molecule has 0 saturated carbocycles. The standard InChI is InChI=1S/C27H38N6O6S/c1-17(18-8-10-21(11-9-18)40-39-38-29-5)33-20-13-23(25(33)35)31(15-20)16-22(30-26(36)37-27(2,3)4)24(34)32-12-6-7-19(32)14-28/h8-11,17,19-20,22-23,29H,6-7,12-13,15-16H2,1-5H3,(H,30,36)/t17-,19+,20-,22+,23-/m1/s1. The number of alkyl carbamates (subject to hydrolysis) is 1. The summed E-state index contributed by atoms with van der Waals surface area (Å²) in [5.74, 6) is -0.315. The molecule has 2 N–H and O–H groups in total. The van der Waals surface area contributed by atoms with E-state index in [4.69, 9.17) is 9.07 Å². The molecular formula is C27H38N6O6S. The molecule has 0 aliphatic carbocycles. The van der Waals surface area contributed by atoms with Crippen molar-refractivity contribution in [2.24, 2.45) is 0 Å². The summed E-state index contributed by atoms with van der Waals surface area (Å²) in [6, 6.07) is 7.97. The van der Waals surface area contributed by atoms with E-state index in [1.165, 1.54) is 4.90 Å². The van der Waals surface area contributed by atoms with Crippen molar-refractivity contribution in [3.05, 3.63) is 29.8 Å². The Labute approximate surface area is 239 Å². The van der Waals surface area contributed by atoms with E-state index in [0.717, 1.165) is 28.9 Å². The first-order valence-corrected chi connectivity index (χ1v) is 14.3. The summed E-state index contributed by atoms with van der Waals surface area (Å²) < 4.78 is 10.4. The molecule has 1 aromatic carbocycles. The number of rotatable bonds is 10. The largest absolute Gasteiger partial charge is 0.444 e. The first-order valence-electron chi connectivity index (χ1n) is 13.5. The lowest BCUT2D eigenvalue weighted by molar-refractivity contribution is -0.237. The number of benzene rings is 1. The number of ether oxygens (including phenoxy) is 1. The normalized spacial score (nSPS) is 24.2. The number of likely N-dealkylation sites (tertiary alicyclic amines) is 3. The quantitative estimate of drug-likeness (QED) is 0.186. The van der Waals surface area contributed by atoms with Crippen LogP contribution in [0.1, 0.15) is 58.6 Å². The van der Waals surface area contributed by atoms with Crippen LogP contribution in [-0.2, 0) is 23.6 Å². The summed E-state index contributed by atoms with van der Waals surface area (Å²) in [6.45, 7) is 8.49. The number of fused-ring (bicyclic) bond motifs is 2. The third kappa shape index (κ3) is 6.87. The molecule has 0 unspecified atom stereocenters. The SMILES string of the molecule is CNOOSc1ccc([C@@H](C)N2C(=O)[C@H]3C[C@@H]2CN3C[C@H](NC(=O)OC(C)(C)C)C(=O)N2CCC[C@H]2C#N)cc1. The number of amides is 3. The number of hydrogen-bond donors (Lipinski definition) is 2. The molecule has 3 amide bonds. The summed E-state index contributed by atoms with van der Waals surface area (Å²) in [5, 5.41) is 12.2. The lowest BCUT2D eigenvalue weighted by Crippen LogP contribution is -2.59. The average molecular weight is 575 g/mol. The lowest BCUT2D eigenvalue weighted by Gasteiger charge is -2.39. The van der Waals surface area contributed by atoms with Crippen LogP contribution in [0.15, 0.2) is 29.2 Å².